The van der Waals surface area contributed by atoms with Crippen molar-refractivity contribution in [3.63, 3.8) is 0 Å². The van der Waals surface area contributed by atoms with E-state index in [-0.39, 0.29) is 12.5 Å². The van der Waals surface area contributed by atoms with Crippen molar-refractivity contribution in [3.8, 4) is 5.75 Å². The Labute approximate surface area is 155 Å². The van der Waals surface area contributed by atoms with Crippen molar-refractivity contribution in [3.05, 3.63) is 52.7 Å². The van der Waals surface area contributed by atoms with Gasteiger partial charge in [0.25, 0.3) is 5.91 Å². The second-order valence-corrected chi connectivity index (χ2v) is 6.60. The first-order valence-corrected chi connectivity index (χ1v) is 8.76. The highest BCUT2D eigenvalue weighted by Gasteiger charge is 2.17. The number of H-pyrrole nitrogens is 1. The van der Waals surface area contributed by atoms with Crippen molar-refractivity contribution >= 4 is 39.8 Å². The number of aliphatic hydroxyl groups excluding tert-OH is 1. The lowest BCUT2D eigenvalue weighted by Crippen LogP contribution is -2.13. The van der Waals surface area contributed by atoms with E-state index in [1.807, 2.05) is 12.1 Å². The first kappa shape index (κ1) is 16.8. The predicted molar refractivity (Wildman–Crippen MR) is 102 cm³/mol. The summed E-state index contributed by atoms with van der Waals surface area (Å²) >= 11 is 5.99. The van der Waals surface area contributed by atoms with E-state index in [0.29, 0.717) is 34.3 Å². The molecule has 6 nitrogen and oxygen atoms in total. The molecule has 0 saturated heterocycles. The molecule has 1 aliphatic rings. The Morgan fingerprint density at radius 2 is 2.15 bits per heavy atom. The number of aromatic nitrogens is 1. The number of anilines is 2. The fourth-order valence-corrected chi connectivity index (χ4v) is 3.25. The topological polar surface area (TPSA) is 86.4 Å². The summed E-state index contributed by atoms with van der Waals surface area (Å²) in [4.78, 5) is 15.7. The lowest BCUT2D eigenvalue weighted by Gasteiger charge is -2.15. The Hall–Kier alpha value is -2.70. The molecule has 134 valence electrons. The van der Waals surface area contributed by atoms with Crippen molar-refractivity contribution in [1.82, 2.24) is 4.98 Å². The van der Waals surface area contributed by atoms with Gasteiger partial charge < -0.3 is 25.5 Å². The molecule has 3 aromatic rings. The maximum absolute atomic E-state index is 12.6. The largest absolute Gasteiger partial charge is 0.491 e. The Kier molecular flexibility index (Phi) is 4.44. The number of hydrogen-bond acceptors (Lipinski definition) is 4. The number of carbonyl (C=O) groups is 1. The smallest absolute Gasteiger partial charge is 0.272 e. The second-order valence-electron chi connectivity index (χ2n) is 6.17. The van der Waals surface area contributed by atoms with Gasteiger partial charge in [0.2, 0.25) is 0 Å². The maximum atomic E-state index is 12.6. The number of nitrogens with one attached hydrogen (secondary N) is 3. The Morgan fingerprint density at radius 1 is 1.27 bits per heavy atom. The number of aliphatic hydroxyl groups is 1. The molecule has 1 amide bonds. The van der Waals surface area contributed by atoms with Gasteiger partial charge in [-0.05, 0) is 42.8 Å². The Balaban J connectivity index is 1.63. The van der Waals surface area contributed by atoms with E-state index in [1.165, 1.54) is 0 Å². The summed E-state index contributed by atoms with van der Waals surface area (Å²) in [5.74, 6) is 0.374. The fourth-order valence-electron chi connectivity index (χ4n) is 3.07. The standard InChI is InChI=1S/C19H18ClN3O3/c20-13-2-3-15-11(6-13)8-17(23-15)19(25)22-14-7-12(10-24)18-16(9-14)21-4-1-5-26-18/h2-3,6-9,21,23-24H,1,4-5,10H2,(H,22,25). The molecule has 0 radical (unpaired) electrons. The van der Waals surface area contributed by atoms with Crippen molar-refractivity contribution in [2.45, 2.75) is 13.0 Å². The van der Waals surface area contributed by atoms with Crippen molar-refractivity contribution in [2.24, 2.45) is 0 Å². The highest BCUT2D eigenvalue weighted by atomic mass is 35.5. The van der Waals surface area contributed by atoms with E-state index in [9.17, 15) is 9.90 Å². The number of halogens is 1. The molecular weight excluding hydrogens is 354 g/mol. The van der Waals surface area contributed by atoms with Crippen LogP contribution < -0.4 is 15.4 Å². The average Bonchev–Trinajstić information content (AvgIpc) is 2.91. The molecule has 26 heavy (non-hydrogen) atoms. The molecule has 0 saturated carbocycles. The zero-order valence-corrected chi connectivity index (χ0v) is 14.7. The Morgan fingerprint density at radius 3 is 3.00 bits per heavy atom. The average molecular weight is 372 g/mol. The summed E-state index contributed by atoms with van der Waals surface area (Å²) in [6, 6.07) is 10.7. The Bertz CT molecular complexity index is 984. The van der Waals surface area contributed by atoms with Crippen LogP contribution >= 0.6 is 11.6 Å². The first-order chi connectivity index (χ1) is 12.6. The zero-order valence-electron chi connectivity index (χ0n) is 13.9. The van der Waals surface area contributed by atoms with Crippen LogP contribution in [-0.2, 0) is 6.61 Å². The van der Waals surface area contributed by atoms with Gasteiger partial charge in [-0.2, -0.15) is 0 Å². The predicted octanol–water partition coefficient (Wildman–Crippen LogP) is 3.76. The van der Waals surface area contributed by atoms with Gasteiger partial charge >= 0.3 is 0 Å². The minimum absolute atomic E-state index is 0.168. The molecule has 0 aliphatic carbocycles. The van der Waals surface area contributed by atoms with Crippen molar-refractivity contribution < 1.29 is 14.6 Å². The number of rotatable bonds is 3. The molecule has 7 heteroatoms. The van der Waals surface area contributed by atoms with E-state index < -0.39 is 0 Å². The quantitative estimate of drug-likeness (QED) is 0.564. The van der Waals surface area contributed by atoms with Crippen LogP contribution in [0.2, 0.25) is 5.02 Å². The number of amides is 1. The number of fused-ring (bicyclic) bond motifs is 2. The van der Waals surface area contributed by atoms with E-state index in [2.05, 4.69) is 15.6 Å². The normalized spacial score (nSPS) is 13.5. The number of hydrogen-bond donors (Lipinski definition) is 4. The molecule has 0 bridgehead atoms. The third-order valence-electron chi connectivity index (χ3n) is 4.30. The highest BCUT2D eigenvalue weighted by molar-refractivity contribution is 6.31. The molecule has 2 aromatic carbocycles. The summed E-state index contributed by atoms with van der Waals surface area (Å²) in [5, 5.41) is 17.3. The van der Waals surface area contributed by atoms with Gasteiger partial charge in [0, 0.05) is 33.7 Å². The number of carbonyl (C=O) groups excluding carboxylic acids is 1. The molecule has 4 rings (SSSR count). The molecule has 2 heterocycles. The van der Waals surface area contributed by atoms with Gasteiger partial charge in [-0.3, -0.25) is 4.79 Å². The van der Waals surface area contributed by atoms with E-state index >= 15 is 0 Å². The fraction of sp³-hybridized carbons (Fsp3) is 0.211. The number of ether oxygens (including phenoxy) is 1. The van der Waals surface area contributed by atoms with Crippen LogP contribution in [0.25, 0.3) is 10.9 Å². The van der Waals surface area contributed by atoms with E-state index in [4.69, 9.17) is 16.3 Å². The summed E-state index contributed by atoms with van der Waals surface area (Å²) in [6.07, 6.45) is 0.874. The summed E-state index contributed by atoms with van der Waals surface area (Å²) in [5.41, 5.74) is 3.27. The van der Waals surface area contributed by atoms with E-state index in [1.54, 1.807) is 24.3 Å². The molecule has 0 spiro atoms. The summed E-state index contributed by atoms with van der Waals surface area (Å²) in [6.45, 7) is 1.20. The van der Waals surface area contributed by atoms with Crippen LogP contribution in [0.4, 0.5) is 11.4 Å². The summed E-state index contributed by atoms with van der Waals surface area (Å²) < 4.78 is 5.71. The van der Waals surface area contributed by atoms with Crippen LogP contribution in [-0.4, -0.2) is 29.1 Å². The third-order valence-corrected chi connectivity index (χ3v) is 4.54. The van der Waals surface area contributed by atoms with Crippen molar-refractivity contribution in [2.75, 3.05) is 23.8 Å². The number of benzene rings is 2. The minimum atomic E-state index is -0.268. The maximum Gasteiger partial charge on any atom is 0.272 e. The van der Waals surface area contributed by atoms with Crippen LogP contribution in [0.15, 0.2) is 36.4 Å². The zero-order chi connectivity index (χ0) is 18.1. The van der Waals surface area contributed by atoms with Gasteiger partial charge in [0.1, 0.15) is 11.4 Å². The van der Waals surface area contributed by atoms with E-state index in [0.717, 1.165) is 29.6 Å². The van der Waals surface area contributed by atoms with Gasteiger partial charge in [0.05, 0.1) is 18.9 Å². The van der Waals surface area contributed by atoms with Crippen LogP contribution in [0.5, 0.6) is 5.75 Å². The SMILES string of the molecule is O=C(Nc1cc(CO)c2c(c1)NCCCO2)c1cc2cc(Cl)ccc2[nH]1. The monoisotopic (exact) mass is 371 g/mol. The second kappa shape index (κ2) is 6.90. The van der Waals surface area contributed by atoms with Crippen LogP contribution in [0, 0.1) is 0 Å². The molecule has 0 unspecified atom stereocenters. The van der Waals surface area contributed by atoms with Gasteiger partial charge in [-0.1, -0.05) is 11.6 Å². The summed E-state index contributed by atoms with van der Waals surface area (Å²) in [7, 11) is 0. The van der Waals surface area contributed by atoms with Gasteiger partial charge in [-0.15, -0.1) is 0 Å². The minimum Gasteiger partial charge on any atom is -0.491 e. The van der Waals surface area contributed by atoms with Crippen LogP contribution in [0.3, 0.4) is 0 Å². The molecule has 0 atom stereocenters. The van der Waals surface area contributed by atoms with Crippen LogP contribution in [0.1, 0.15) is 22.5 Å². The molecule has 1 aliphatic heterocycles. The highest BCUT2D eigenvalue weighted by Crippen LogP contribution is 2.34. The molecule has 4 N–H and O–H groups in total. The molecule has 0 fully saturated rings. The molecular formula is C19H18ClN3O3. The lowest BCUT2D eigenvalue weighted by atomic mass is 10.1. The number of aromatic amines is 1. The lowest BCUT2D eigenvalue weighted by molar-refractivity contribution is 0.102. The van der Waals surface area contributed by atoms with Crippen molar-refractivity contribution in [1.29, 1.82) is 0 Å². The molecule has 1 aromatic heterocycles. The van der Waals surface area contributed by atoms with Gasteiger partial charge in [0.15, 0.2) is 0 Å². The van der Waals surface area contributed by atoms with Gasteiger partial charge in [-0.25, -0.2) is 0 Å². The third kappa shape index (κ3) is 3.21. The first-order valence-electron chi connectivity index (χ1n) is 8.38.